The molecule has 2 atom stereocenters. The van der Waals surface area contributed by atoms with Crippen LogP contribution in [0.5, 0.6) is 0 Å². The lowest BCUT2D eigenvalue weighted by atomic mass is 10.1. The van der Waals surface area contributed by atoms with Crippen LogP contribution in [0.1, 0.15) is 44.9 Å². The first kappa shape index (κ1) is 10.1. The predicted molar refractivity (Wildman–Crippen MR) is 60.7 cm³/mol. The molecule has 2 heteroatoms. The lowest BCUT2D eigenvalue weighted by Gasteiger charge is -2.31. The third-order valence-corrected chi connectivity index (χ3v) is 4.29. The van der Waals surface area contributed by atoms with Crippen LogP contribution in [0, 0.1) is 11.8 Å². The Hall–Kier alpha value is -0.0800. The van der Waals surface area contributed by atoms with Gasteiger partial charge in [-0.15, -0.1) is 0 Å². The fraction of sp³-hybridized carbons (Fsp3) is 1.00. The van der Waals surface area contributed by atoms with Crippen LogP contribution in [0.25, 0.3) is 0 Å². The fourth-order valence-electron chi connectivity index (χ4n) is 2.96. The lowest BCUT2D eigenvalue weighted by Crippen LogP contribution is -2.42. The highest BCUT2D eigenvalue weighted by Gasteiger charge is 2.36. The minimum absolute atomic E-state index is 0.0255. The zero-order valence-electron chi connectivity index (χ0n) is 9.57. The van der Waals surface area contributed by atoms with Crippen LogP contribution in [-0.4, -0.2) is 35.2 Å². The summed E-state index contributed by atoms with van der Waals surface area (Å²) in [4.78, 5) is 2.63. The van der Waals surface area contributed by atoms with E-state index in [0.717, 1.165) is 18.3 Å². The van der Waals surface area contributed by atoms with E-state index in [1.165, 1.54) is 51.6 Å². The Labute approximate surface area is 92.7 Å². The van der Waals surface area contributed by atoms with E-state index >= 15 is 0 Å². The SMILES string of the molecule is OC1CCCC1N(CC1CC1)CC1CC1. The van der Waals surface area contributed by atoms with Crippen LogP contribution in [0.3, 0.4) is 0 Å². The summed E-state index contributed by atoms with van der Waals surface area (Å²) >= 11 is 0. The van der Waals surface area contributed by atoms with E-state index in [-0.39, 0.29) is 6.10 Å². The minimum Gasteiger partial charge on any atom is -0.391 e. The van der Waals surface area contributed by atoms with Gasteiger partial charge in [-0.2, -0.15) is 0 Å². The van der Waals surface area contributed by atoms with Crippen molar-refractivity contribution in [2.75, 3.05) is 13.1 Å². The Morgan fingerprint density at radius 3 is 1.87 bits per heavy atom. The summed E-state index contributed by atoms with van der Waals surface area (Å²) in [7, 11) is 0. The predicted octanol–water partition coefficient (Wildman–Crippen LogP) is 2.02. The largest absolute Gasteiger partial charge is 0.391 e. The van der Waals surface area contributed by atoms with Crippen molar-refractivity contribution in [2.24, 2.45) is 11.8 Å². The van der Waals surface area contributed by atoms with Gasteiger partial charge in [-0.1, -0.05) is 0 Å². The van der Waals surface area contributed by atoms with Crippen molar-refractivity contribution < 1.29 is 5.11 Å². The van der Waals surface area contributed by atoms with Gasteiger partial charge in [-0.25, -0.2) is 0 Å². The molecule has 3 aliphatic carbocycles. The molecule has 0 spiro atoms. The molecule has 2 unspecified atom stereocenters. The monoisotopic (exact) mass is 209 g/mol. The normalized spacial score (nSPS) is 36.4. The van der Waals surface area contributed by atoms with Crippen molar-refractivity contribution >= 4 is 0 Å². The van der Waals surface area contributed by atoms with Crippen LogP contribution in [0.2, 0.25) is 0 Å². The highest BCUT2D eigenvalue weighted by Crippen LogP contribution is 2.36. The maximum absolute atomic E-state index is 9.98. The molecule has 0 aliphatic heterocycles. The second kappa shape index (κ2) is 4.06. The molecule has 86 valence electrons. The van der Waals surface area contributed by atoms with Gasteiger partial charge < -0.3 is 5.11 Å². The van der Waals surface area contributed by atoms with E-state index in [1.54, 1.807) is 0 Å². The standard InChI is InChI=1S/C13H23NO/c15-13-3-1-2-12(13)14(8-10-4-5-10)9-11-6-7-11/h10-13,15H,1-9H2. The molecule has 0 saturated heterocycles. The maximum atomic E-state index is 9.98. The van der Waals surface area contributed by atoms with Crippen LogP contribution < -0.4 is 0 Å². The first-order valence-corrected chi connectivity index (χ1v) is 6.75. The molecule has 2 nitrogen and oxygen atoms in total. The van der Waals surface area contributed by atoms with E-state index in [4.69, 9.17) is 0 Å². The quantitative estimate of drug-likeness (QED) is 0.749. The van der Waals surface area contributed by atoms with Crippen molar-refractivity contribution in [3.63, 3.8) is 0 Å². The average molecular weight is 209 g/mol. The Kier molecular flexibility index (Phi) is 2.73. The molecule has 0 aromatic heterocycles. The van der Waals surface area contributed by atoms with E-state index < -0.39 is 0 Å². The van der Waals surface area contributed by atoms with Crippen molar-refractivity contribution in [2.45, 2.75) is 57.1 Å². The molecule has 3 aliphatic rings. The summed E-state index contributed by atoms with van der Waals surface area (Å²) in [5.74, 6) is 1.94. The molecule has 0 radical (unpaired) electrons. The third-order valence-electron chi connectivity index (χ3n) is 4.29. The van der Waals surface area contributed by atoms with Crippen LogP contribution in [0.4, 0.5) is 0 Å². The number of nitrogens with zero attached hydrogens (tertiary/aromatic N) is 1. The molecule has 0 heterocycles. The van der Waals surface area contributed by atoms with Gasteiger partial charge in [0, 0.05) is 19.1 Å². The molecule has 1 N–H and O–H groups in total. The maximum Gasteiger partial charge on any atom is 0.0695 e. The number of rotatable bonds is 5. The highest BCUT2D eigenvalue weighted by atomic mass is 16.3. The minimum atomic E-state index is -0.0255. The Morgan fingerprint density at radius 2 is 1.47 bits per heavy atom. The lowest BCUT2D eigenvalue weighted by molar-refractivity contribution is 0.0647. The average Bonchev–Trinajstić information content (AvgIpc) is 3.11. The van der Waals surface area contributed by atoms with Gasteiger partial charge in [0.15, 0.2) is 0 Å². The van der Waals surface area contributed by atoms with Gasteiger partial charge >= 0.3 is 0 Å². The number of aliphatic hydroxyl groups excluding tert-OH is 1. The molecule has 3 saturated carbocycles. The summed E-state index contributed by atoms with van der Waals surface area (Å²) in [5, 5.41) is 9.98. The summed E-state index contributed by atoms with van der Waals surface area (Å²) in [5.41, 5.74) is 0. The molecule has 15 heavy (non-hydrogen) atoms. The summed E-state index contributed by atoms with van der Waals surface area (Å²) < 4.78 is 0. The van der Waals surface area contributed by atoms with Gasteiger partial charge in [0.25, 0.3) is 0 Å². The molecule has 3 rings (SSSR count). The molecule has 0 aromatic rings. The Morgan fingerprint density at radius 1 is 0.867 bits per heavy atom. The van der Waals surface area contributed by atoms with Crippen molar-refractivity contribution in [3.05, 3.63) is 0 Å². The second-order valence-electron chi connectivity index (χ2n) is 5.91. The zero-order valence-corrected chi connectivity index (χ0v) is 9.57. The number of hydrogen-bond donors (Lipinski definition) is 1. The van der Waals surface area contributed by atoms with Crippen LogP contribution in [0.15, 0.2) is 0 Å². The van der Waals surface area contributed by atoms with Crippen molar-refractivity contribution in [1.29, 1.82) is 0 Å². The Bertz CT molecular complexity index is 209. The molecule has 3 fully saturated rings. The second-order valence-corrected chi connectivity index (χ2v) is 5.91. The van der Waals surface area contributed by atoms with Gasteiger partial charge in [-0.05, 0) is 56.8 Å². The smallest absolute Gasteiger partial charge is 0.0695 e. The van der Waals surface area contributed by atoms with Gasteiger partial charge in [0.05, 0.1) is 6.10 Å². The third kappa shape index (κ3) is 2.54. The van der Waals surface area contributed by atoms with E-state index in [0.29, 0.717) is 6.04 Å². The Balaban J connectivity index is 1.58. The van der Waals surface area contributed by atoms with Crippen molar-refractivity contribution in [1.82, 2.24) is 4.90 Å². The van der Waals surface area contributed by atoms with E-state index in [1.807, 2.05) is 0 Å². The molecular formula is C13H23NO. The first-order valence-electron chi connectivity index (χ1n) is 6.75. The first-order chi connectivity index (χ1) is 7.33. The zero-order chi connectivity index (χ0) is 10.3. The summed E-state index contributed by atoms with van der Waals surface area (Å²) in [6.07, 6.45) is 9.22. The van der Waals surface area contributed by atoms with E-state index in [9.17, 15) is 5.11 Å². The van der Waals surface area contributed by atoms with Gasteiger partial charge in [0.2, 0.25) is 0 Å². The number of aliphatic hydroxyl groups is 1. The van der Waals surface area contributed by atoms with Crippen LogP contribution >= 0.6 is 0 Å². The van der Waals surface area contributed by atoms with E-state index in [2.05, 4.69) is 4.90 Å². The van der Waals surface area contributed by atoms with Crippen LogP contribution in [-0.2, 0) is 0 Å². The van der Waals surface area contributed by atoms with Gasteiger partial charge in [0.1, 0.15) is 0 Å². The molecule has 0 amide bonds. The molecular weight excluding hydrogens is 186 g/mol. The summed E-state index contributed by atoms with van der Waals surface area (Å²) in [6, 6.07) is 0.506. The fourth-order valence-corrected chi connectivity index (χ4v) is 2.96. The molecule has 0 aromatic carbocycles. The summed E-state index contributed by atoms with van der Waals surface area (Å²) in [6.45, 7) is 2.55. The van der Waals surface area contributed by atoms with Crippen molar-refractivity contribution in [3.8, 4) is 0 Å². The highest BCUT2D eigenvalue weighted by molar-refractivity contribution is 4.91. The topological polar surface area (TPSA) is 23.5 Å². The van der Waals surface area contributed by atoms with Gasteiger partial charge in [-0.3, -0.25) is 4.90 Å². The molecule has 0 bridgehead atoms. The number of hydrogen-bond acceptors (Lipinski definition) is 2.